The molecule has 1 aromatic carbocycles. The molecule has 0 spiro atoms. The number of guanidine groups is 1. The SMILES string of the molecule is CCNC(=NCc1ccc(C(=O)N(C)C)cc1)N1CCN(Cc2ccon2)CC1. The molecule has 1 aliphatic rings. The van der Waals surface area contributed by atoms with Crippen LogP contribution in [0.15, 0.2) is 46.1 Å². The highest BCUT2D eigenvalue weighted by Gasteiger charge is 2.20. The molecule has 1 aliphatic heterocycles. The van der Waals surface area contributed by atoms with Gasteiger partial charge in [-0.15, -0.1) is 0 Å². The van der Waals surface area contributed by atoms with Gasteiger partial charge in [-0.2, -0.15) is 0 Å². The smallest absolute Gasteiger partial charge is 0.253 e. The Labute approximate surface area is 172 Å². The van der Waals surface area contributed by atoms with Gasteiger partial charge in [0.15, 0.2) is 5.96 Å². The Balaban J connectivity index is 1.56. The minimum absolute atomic E-state index is 0.0110. The van der Waals surface area contributed by atoms with Gasteiger partial charge in [0.25, 0.3) is 5.91 Å². The number of nitrogens with one attached hydrogen (secondary N) is 1. The van der Waals surface area contributed by atoms with Gasteiger partial charge in [-0.25, -0.2) is 4.99 Å². The third-order valence-corrected chi connectivity index (χ3v) is 4.90. The summed E-state index contributed by atoms with van der Waals surface area (Å²) >= 11 is 0. The molecule has 0 radical (unpaired) electrons. The molecule has 8 nitrogen and oxygen atoms in total. The third-order valence-electron chi connectivity index (χ3n) is 4.90. The first-order valence-electron chi connectivity index (χ1n) is 10.0. The maximum absolute atomic E-state index is 12.0. The van der Waals surface area contributed by atoms with E-state index in [1.165, 1.54) is 0 Å². The molecule has 1 N–H and O–H groups in total. The molecule has 3 rings (SSSR count). The van der Waals surface area contributed by atoms with E-state index in [0.717, 1.165) is 56.5 Å². The lowest BCUT2D eigenvalue weighted by atomic mass is 10.1. The fourth-order valence-electron chi connectivity index (χ4n) is 3.27. The maximum Gasteiger partial charge on any atom is 0.253 e. The van der Waals surface area contributed by atoms with E-state index in [1.54, 1.807) is 25.3 Å². The van der Waals surface area contributed by atoms with Gasteiger partial charge in [0, 0.05) is 65.0 Å². The number of aliphatic imine (C=N–C) groups is 1. The summed E-state index contributed by atoms with van der Waals surface area (Å²) in [6.45, 7) is 8.05. The maximum atomic E-state index is 12.0. The summed E-state index contributed by atoms with van der Waals surface area (Å²) in [6, 6.07) is 9.58. The minimum atomic E-state index is 0.0110. The number of amides is 1. The van der Waals surface area contributed by atoms with Crippen LogP contribution in [0.3, 0.4) is 0 Å². The van der Waals surface area contributed by atoms with Crippen LogP contribution in [-0.4, -0.2) is 78.5 Å². The number of piperazine rings is 1. The Morgan fingerprint density at radius 1 is 1.17 bits per heavy atom. The lowest BCUT2D eigenvalue weighted by Gasteiger charge is -2.36. The van der Waals surface area contributed by atoms with E-state index < -0.39 is 0 Å². The van der Waals surface area contributed by atoms with Crippen LogP contribution in [0.5, 0.6) is 0 Å². The van der Waals surface area contributed by atoms with E-state index in [0.29, 0.717) is 12.1 Å². The predicted octanol–water partition coefficient (Wildman–Crippen LogP) is 1.66. The van der Waals surface area contributed by atoms with Crippen molar-refractivity contribution in [3.05, 3.63) is 53.4 Å². The lowest BCUT2D eigenvalue weighted by molar-refractivity contribution is 0.0827. The second kappa shape index (κ2) is 10.1. The Morgan fingerprint density at radius 3 is 2.48 bits per heavy atom. The second-order valence-corrected chi connectivity index (χ2v) is 7.32. The van der Waals surface area contributed by atoms with Crippen LogP contribution in [-0.2, 0) is 13.1 Å². The molecule has 0 saturated carbocycles. The van der Waals surface area contributed by atoms with Crippen LogP contribution in [0.1, 0.15) is 28.5 Å². The number of aromatic nitrogens is 1. The van der Waals surface area contributed by atoms with Crippen LogP contribution in [0, 0.1) is 0 Å². The summed E-state index contributed by atoms with van der Waals surface area (Å²) in [5.41, 5.74) is 2.74. The highest BCUT2D eigenvalue weighted by molar-refractivity contribution is 5.93. The van der Waals surface area contributed by atoms with Gasteiger partial charge in [0.05, 0.1) is 12.2 Å². The molecule has 8 heteroatoms. The van der Waals surface area contributed by atoms with E-state index in [1.807, 2.05) is 30.3 Å². The van der Waals surface area contributed by atoms with Crippen molar-refractivity contribution in [2.24, 2.45) is 4.99 Å². The highest BCUT2D eigenvalue weighted by Crippen LogP contribution is 2.10. The van der Waals surface area contributed by atoms with Crippen molar-refractivity contribution in [2.75, 3.05) is 46.8 Å². The fraction of sp³-hybridized carbons (Fsp3) is 0.476. The number of rotatable bonds is 6. The molecule has 1 aromatic heterocycles. The summed E-state index contributed by atoms with van der Waals surface area (Å²) < 4.78 is 4.92. The number of nitrogens with zero attached hydrogens (tertiary/aromatic N) is 5. The summed E-state index contributed by atoms with van der Waals surface area (Å²) in [7, 11) is 3.52. The van der Waals surface area contributed by atoms with E-state index in [9.17, 15) is 4.79 Å². The van der Waals surface area contributed by atoms with Crippen molar-refractivity contribution < 1.29 is 9.32 Å². The van der Waals surface area contributed by atoms with E-state index >= 15 is 0 Å². The molecule has 0 atom stereocenters. The number of hydrogen-bond donors (Lipinski definition) is 1. The summed E-state index contributed by atoms with van der Waals surface area (Å²) in [4.78, 5) is 23.1. The predicted molar refractivity (Wildman–Crippen MR) is 113 cm³/mol. The van der Waals surface area contributed by atoms with E-state index in [4.69, 9.17) is 9.52 Å². The van der Waals surface area contributed by atoms with Gasteiger partial charge >= 0.3 is 0 Å². The normalized spacial score (nSPS) is 15.4. The van der Waals surface area contributed by atoms with Gasteiger partial charge in [-0.05, 0) is 24.6 Å². The zero-order chi connectivity index (χ0) is 20.6. The first-order chi connectivity index (χ1) is 14.1. The molecule has 1 amide bonds. The van der Waals surface area contributed by atoms with Crippen molar-refractivity contribution in [1.29, 1.82) is 0 Å². The Morgan fingerprint density at radius 2 is 1.90 bits per heavy atom. The molecule has 1 fully saturated rings. The average Bonchev–Trinajstić information content (AvgIpc) is 3.24. The first-order valence-corrected chi connectivity index (χ1v) is 10.0. The van der Waals surface area contributed by atoms with E-state index in [2.05, 4.69) is 27.2 Å². The van der Waals surface area contributed by atoms with Crippen LogP contribution in [0.4, 0.5) is 0 Å². The molecule has 0 aliphatic carbocycles. The standard InChI is InChI=1S/C21H30N6O2/c1-4-22-21(23-15-17-5-7-18(8-6-17)20(28)25(2)3)27-12-10-26(11-13-27)16-19-9-14-29-24-19/h5-9,14H,4,10-13,15-16H2,1-3H3,(H,22,23). The number of hydrogen-bond acceptors (Lipinski definition) is 5. The van der Waals surface area contributed by atoms with Gasteiger partial charge in [-0.3, -0.25) is 9.69 Å². The number of carbonyl (C=O) groups is 1. The largest absolute Gasteiger partial charge is 0.364 e. The molecule has 0 bridgehead atoms. The topological polar surface area (TPSA) is 77.2 Å². The highest BCUT2D eigenvalue weighted by atomic mass is 16.5. The van der Waals surface area contributed by atoms with Crippen molar-refractivity contribution in [1.82, 2.24) is 25.2 Å². The molecule has 1 saturated heterocycles. The summed E-state index contributed by atoms with van der Waals surface area (Å²) in [6.07, 6.45) is 1.62. The number of carbonyl (C=O) groups excluding carboxylic acids is 1. The molecular formula is C21H30N6O2. The van der Waals surface area contributed by atoms with Crippen molar-refractivity contribution in [3.8, 4) is 0 Å². The van der Waals surface area contributed by atoms with Crippen molar-refractivity contribution in [3.63, 3.8) is 0 Å². The molecule has 156 valence electrons. The van der Waals surface area contributed by atoms with Gasteiger partial charge in [-0.1, -0.05) is 17.3 Å². The lowest BCUT2D eigenvalue weighted by Crippen LogP contribution is -2.52. The Bertz CT molecular complexity index is 793. The monoisotopic (exact) mass is 398 g/mol. The number of benzene rings is 1. The van der Waals surface area contributed by atoms with Gasteiger partial charge in [0.1, 0.15) is 6.26 Å². The molecule has 0 unspecified atom stereocenters. The zero-order valence-electron chi connectivity index (χ0n) is 17.5. The average molecular weight is 399 g/mol. The summed E-state index contributed by atoms with van der Waals surface area (Å²) in [5, 5.41) is 7.39. The Kier molecular flexibility index (Phi) is 7.24. The quantitative estimate of drug-likeness (QED) is 0.589. The second-order valence-electron chi connectivity index (χ2n) is 7.32. The minimum Gasteiger partial charge on any atom is -0.364 e. The van der Waals surface area contributed by atoms with Crippen LogP contribution >= 0.6 is 0 Å². The first kappa shape index (κ1) is 20.9. The summed E-state index contributed by atoms with van der Waals surface area (Å²) in [5.74, 6) is 0.943. The van der Waals surface area contributed by atoms with E-state index in [-0.39, 0.29) is 5.91 Å². The van der Waals surface area contributed by atoms with Crippen LogP contribution in [0.2, 0.25) is 0 Å². The van der Waals surface area contributed by atoms with Crippen molar-refractivity contribution in [2.45, 2.75) is 20.0 Å². The Hall–Kier alpha value is -2.87. The third kappa shape index (κ3) is 5.80. The molecule has 29 heavy (non-hydrogen) atoms. The van der Waals surface area contributed by atoms with Gasteiger partial charge < -0.3 is 19.6 Å². The molecule has 2 aromatic rings. The fourth-order valence-corrected chi connectivity index (χ4v) is 3.27. The molecular weight excluding hydrogens is 368 g/mol. The van der Waals surface area contributed by atoms with Crippen LogP contribution < -0.4 is 5.32 Å². The van der Waals surface area contributed by atoms with Crippen molar-refractivity contribution >= 4 is 11.9 Å². The van der Waals surface area contributed by atoms with Crippen LogP contribution in [0.25, 0.3) is 0 Å². The molecule has 2 heterocycles. The van der Waals surface area contributed by atoms with Gasteiger partial charge in [0.2, 0.25) is 0 Å². The zero-order valence-corrected chi connectivity index (χ0v) is 17.5.